The van der Waals surface area contributed by atoms with Crippen molar-refractivity contribution in [2.45, 2.75) is 26.5 Å². The van der Waals surface area contributed by atoms with Crippen LogP contribution in [0.1, 0.15) is 16.7 Å². The van der Waals surface area contributed by atoms with Gasteiger partial charge in [0.15, 0.2) is 0 Å². The Morgan fingerprint density at radius 2 is 1.92 bits per heavy atom. The van der Waals surface area contributed by atoms with E-state index in [2.05, 4.69) is 42.3 Å². The van der Waals surface area contributed by atoms with Crippen molar-refractivity contribution in [2.75, 3.05) is 53.4 Å². The molecule has 0 saturated carbocycles. The van der Waals surface area contributed by atoms with Gasteiger partial charge in [0.1, 0.15) is 0 Å². The average molecular weight is 348 g/mol. The van der Waals surface area contributed by atoms with Gasteiger partial charge in [-0.25, -0.2) is 4.79 Å². The van der Waals surface area contributed by atoms with Crippen molar-refractivity contribution in [2.24, 2.45) is 0 Å². The minimum Gasteiger partial charge on any atom is -0.390 e. The topological polar surface area (TPSA) is 59.1 Å². The second-order valence-corrected chi connectivity index (χ2v) is 7.29. The first kappa shape index (κ1) is 19.7. The number of β-amino-alcohol motifs (C(OH)–C–C–N with tert-alkyl or cyclic N) is 1. The largest absolute Gasteiger partial charge is 0.390 e. The van der Waals surface area contributed by atoms with Gasteiger partial charge in [-0.05, 0) is 39.1 Å². The molecule has 1 atom stereocenters. The summed E-state index contributed by atoms with van der Waals surface area (Å²) in [6.07, 6.45) is -0.348. The molecule has 0 aliphatic carbocycles. The van der Waals surface area contributed by atoms with Crippen LogP contribution in [0, 0.1) is 13.8 Å². The van der Waals surface area contributed by atoms with Gasteiger partial charge in [-0.1, -0.05) is 23.8 Å². The zero-order chi connectivity index (χ0) is 18.4. The number of carbonyl (C=O) groups excluding carboxylic acids is 1. The molecule has 1 heterocycles. The number of urea groups is 1. The maximum Gasteiger partial charge on any atom is 0.317 e. The van der Waals surface area contributed by atoms with Crippen LogP contribution >= 0.6 is 0 Å². The van der Waals surface area contributed by atoms with Crippen molar-refractivity contribution in [3.63, 3.8) is 0 Å². The Hall–Kier alpha value is -1.63. The summed E-state index contributed by atoms with van der Waals surface area (Å²) in [5, 5.41) is 13.1. The third-order valence-electron chi connectivity index (χ3n) is 4.64. The van der Waals surface area contributed by atoms with Crippen molar-refractivity contribution in [1.82, 2.24) is 20.0 Å². The second-order valence-electron chi connectivity index (χ2n) is 7.29. The molecule has 2 rings (SSSR count). The fraction of sp³-hybridized carbons (Fsp3) is 0.632. The third-order valence-corrected chi connectivity index (χ3v) is 4.64. The van der Waals surface area contributed by atoms with E-state index in [-0.39, 0.29) is 12.1 Å². The maximum absolute atomic E-state index is 12.4. The first-order valence-corrected chi connectivity index (χ1v) is 8.99. The molecule has 1 saturated heterocycles. The zero-order valence-electron chi connectivity index (χ0n) is 16.0. The minimum absolute atomic E-state index is 0.00519. The number of piperazine rings is 1. The number of hydrogen-bond acceptors (Lipinski definition) is 4. The van der Waals surface area contributed by atoms with Crippen LogP contribution in [0.25, 0.3) is 0 Å². The maximum atomic E-state index is 12.4. The Bertz CT molecular complexity index is 569. The summed E-state index contributed by atoms with van der Waals surface area (Å²) < 4.78 is 0. The SMILES string of the molecule is Cc1ccc(C)c(CNC(=O)N2CCN(C[C@H](O)CN(C)C)CC2)c1. The first-order chi connectivity index (χ1) is 11.8. The number of hydrogen-bond donors (Lipinski definition) is 2. The molecule has 0 unspecified atom stereocenters. The van der Waals surface area contributed by atoms with Gasteiger partial charge < -0.3 is 20.2 Å². The molecule has 0 radical (unpaired) electrons. The molecule has 1 aromatic carbocycles. The van der Waals surface area contributed by atoms with E-state index in [0.29, 0.717) is 32.7 Å². The Balaban J connectivity index is 1.74. The van der Waals surface area contributed by atoms with Crippen molar-refractivity contribution in [1.29, 1.82) is 0 Å². The molecule has 1 aromatic rings. The highest BCUT2D eigenvalue weighted by Crippen LogP contribution is 2.11. The lowest BCUT2D eigenvalue weighted by molar-refractivity contribution is 0.0662. The lowest BCUT2D eigenvalue weighted by Crippen LogP contribution is -2.53. The van der Waals surface area contributed by atoms with Crippen LogP contribution in [0.3, 0.4) is 0 Å². The smallest absolute Gasteiger partial charge is 0.317 e. The van der Waals surface area contributed by atoms with Gasteiger partial charge in [-0.2, -0.15) is 0 Å². The molecule has 0 aromatic heterocycles. The molecule has 25 heavy (non-hydrogen) atoms. The number of benzene rings is 1. The van der Waals surface area contributed by atoms with E-state index >= 15 is 0 Å². The van der Waals surface area contributed by atoms with Gasteiger partial charge in [0, 0.05) is 45.8 Å². The van der Waals surface area contributed by atoms with Crippen LogP contribution in [0.2, 0.25) is 0 Å². The van der Waals surface area contributed by atoms with Crippen LogP contribution in [0.15, 0.2) is 18.2 Å². The molecule has 0 spiro atoms. The lowest BCUT2D eigenvalue weighted by atomic mass is 10.1. The van der Waals surface area contributed by atoms with Crippen molar-refractivity contribution >= 4 is 6.03 Å². The highest BCUT2D eigenvalue weighted by Gasteiger charge is 2.22. The van der Waals surface area contributed by atoms with Gasteiger partial charge in [-0.3, -0.25) is 4.90 Å². The summed E-state index contributed by atoms with van der Waals surface area (Å²) >= 11 is 0. The van der Waals surface area contributed by atoms with Gasteiger partial charge in [0.05, 0.1) is 6.10 Å². The van der Waals surface area contributed by atoms with Crippen molar-refractivity contribution in [3.8, 4) is 0 Å². The molecule has 6 nitrogen and oxygen atoms in total. The summed E-state index contributed by atoms with van der Waals surface area (Å²) in [6.45, 7) is 9.04. The quantitative estimate of drug-likeness (QED) is 0.807. The predicted octanol–water partition coefficient (Wildman–Crippen LogP) is 1.05. The number of aliphatic hydroxyl groups is 1. The fourth-order valence-corrected chi connectivity index (χ4v) is 3.18. The monoisotopic (exact) mass is 348 g/mol. The Kier molecular flexibility index (Phi) is 7.23. The fourth-order valence-electron chi connectivity index (χ4n) is 3.18. The molecule has 6 heteroatoms. The normalized spacial score (nSPS) is 17.0. The summed E-state index contributed by atoms with van der Waals surface area (Å²) in [4.78, 5) is 18.5. The first-order valence-electron chi connectivity index (χ1n) is 8.99. The summed E-state index contributed by atoms with van der Waals surface area (Å²) in [6, 6.07) is 6.30. The van der Waals surface area contributed by atoms with Gasteiger partial charge in [-0.15, -0.1) is 0 Å². The highest BCUT2D eigenvalue weighted by molar-refractivity contribution is 5.74. The van der Waals surface area contributed by atoms with Crippen LogP contribution in [-0.4, -0.2) is 85.3 Å². The highest BCUT2D eigenvalue weighted by atomic mass is 16.3. The summed E-state index contributed by atoms with van der Waals surface area (Å²) in [7, 11) is 3.92. The number of nitrogens with zero attached hydrogens (tertiary/aromatic N) is 3. The van der Waals surface area contributed by atoms with Crippen LogP contribution in [-0.2, 0) is 6.54 Å². The molecule has 1 aliphatic rings. The van der Waals surface area contributed by atoms with E-state index in [1.807, 2.05) is 23.9 Å². The Labute approximate surface area is 151 Å². The molecule has 2 amide bonds. The number of aliphatic hydroxyl groups excluding tert-OH is 1. The number of carbonyl (C=O) groups is 1. The molecule has 140 valence electrons. The van der Waals surface area contributed by atoms with Gasteiger partial charge >= 0.3 is 6.03 Å². The zero-order valence-corrected chi connectivity index (χ0v) is 16.0. The number of aryl methyl sites for hydroxylation is 2. The Morgan fingerprint density at radius 1 is 1.24 bits per heavy atom. The predicted molar refractivity (Wildman–Crippen MR) is 101 cm³/mol. The number of rotatable bonds is 6. The standard InChI is InChI=1S/C19H32N4O2/c1-15-5-6-16(2)17(11-15)12-20-19(25)23-9-7-22(8-10-23)14-18(24)13-21(3)4/h5-6,11,18,24H,7-10,12-14H2,1-4H3,(H,20,25)/t18-/m1/s1. The Morgan fingerprint density at radius 3 is 2.56 bits per heavy atom. The molecular formula is C19H32N4O2. The van der Waals surface area contributed by atoms with Gasteiger partial charge in [0.25, 0.3) is 0 Å². The van der Waals surface area contributed by atoms with E-state index in [0.717, 1.165) is 13.1 Å². The molecule has 1 fully saturated rings. The van der Waals surface area contributed by atoms with Gasteiger partial charge in [0.2, 0.25) is 0 Å². The molecule has 1 aliphatic heterocycles. The second kappa shape index (κ2) is 9.17. The minimum atomic E-state index is -0.348. The van der Waals surface area contributed by atoms with E-state index in [4.69, 9.17) is 0 Å². The number of likely N-dealkylation sites (N-methyl/N-ethyl adjacent to an activating group) is 1. The number of amides is 2. The third kappa shape index (κ3) is 6.30. The summed E-state index contributed by atoms with van der Waals surface area (Å²) in [5.41, 5.74) is 3.57. The number of nitrogens with one attached hydrogen (secondary N) is 1. The molecular weight excluding hydrogens is 316 g/mol. The van der Waals surface area contributed by atoms with Crippen LogP contribution in [0.4, 0.5) is 4.79 Å². The van der Waals surface area contributed by atoms with Crippen molar-refractivity contribution < 1.29 is 9.90 Å². The van der Waals surface area contributed by atoms with E-state index in [9.17, 15) is 9.90 Å². The lowest BCUT2D eigenvalue weighted by Gasteiger charge is -2.35. The van der Waals surface area contributed by atoms with E-state index in [1.165, 1.54) is 16.7 Å². The van der Waals surface area contributed by atoms with E-state index in [1.54, 1.807) is 0 Å². The summed E-state index contributed by atoms with van der Waals surface area (Å²) in [5.74, 6) is 0. The van der Waals surface area contributed by atoms with Crippen molar-refractivity contribution in [3.05, 3.63) is 34.9 Å². The molecule has 2 N–H and O–H groups in total. The van der Waals surface area contributed by atoms with Crippen LogP contribution < -0.4 is 5.32 Å². The molecule has 0 bridgehead atoms. The van der Waals surface area contributed by atoms with E-state index < -0.39 is 0 Å². The average Bonchev–Trinajstić information content (AvgIpc) is 2.55. The van der Waals surface area contributed by atoms with Crippen LogP contribution in [0.5, 0.6) is 0 Å².